The molecule has 0 spiro atoms. The molecule has 2 aliphatic rings. The lowest BCUT2D eigenvalue weighted by Gasteiger charge is -2.25. The Balaban J connectivity index is 2.11. The van der Waals surface area contributed by atoms with Crippen LogP contribution in [-0.2, 0) is 19.1 Å². The maximum Gasteiger partial charge on any atom is 0.306 e. The highest BCUT2D eigenvalue weighted by molar-refractivity contribution is 5.96. The number of carbonyl (C=O) groups is 3. The molecular weight excluding hydrogens is 198 g/mol. The molecule has 0 aromatic rings. The summed E-state index contributed by atoms with van der Waals surface area (Å²) < 4.78 is 5.09. The Kier molecular flexibility index (Phi) is 2.46. The summed E-state index contributed by atoms with van der Waals surface area (Å²) >= 11 is 0. The van der Waals surface area contributed by atoms with Gasteiger partial charge in [-0.15, -0.1) is 0 Å². The first kappa shape index (κ1) is 10.1. The second-order valence-electron chi connectivity index (χ2n) is 3.96. The lowest BCUT2D eigenvalue weighted by atomic mass is 10.1. The minimum Gasteiger partial charge on any atom is -0.460 e. The van der Waals surface area contributed by atoms with Crippen molar-refractivity contribution in [3.8, 4) is 0 Å². The van der Waals surface area contributed by atoms with E-state index in [1.807, 2.05) is 0 Å². The highest BCUT2D eigenvalue weighted by Crippen LogP contribution is 2.29. The second kappa shape index (κ2) is 3.64. The molecule has 82 valence electrons. The molecular formula is C10H13NO4. The number of carbonyl (C=O) groups excluding carboxylic acids is 3. The van der Waals surface area contributed by atoms with Crippen LogP contribution >= 0.6 is 0 Å². The molecule has 2 amide bonds. The van der Waals surface area contributed by atoms with Crippen LogP contribution < -0.4 is 0 Å². The average molecular weight is 211 g/mol. The van der Waals surface area contributed by atoms with Crippen LogP contribution in [0.15, 0.2) is 0 Å². The molecule has 2 unspecified atom stereocenters. The molecule has 2 aliphatic heterocycles. The zero-order valence-electron chi connectivity index (χ0n) is 8.56. The quantitative estimate of drug-likeness (QED) is 0.582. The summed E-state index contributed by atoms with van der Waals surface area (Å²) in [6.07, 6.45) is 1.70. The number of esters is 1. The third-order valence-electron chi connectivity index (χ3n) is 2.94. The third-order valence-corrected chi connectivity index (χ3v) is 2.94. The molecule has 0 aromatic carbocycles. The number of amides is 2. The number of nitrogens with zero attached hydrogens (tertiary/aromatic N) is 1. The summed E-state index contributed by atoms with van der Waals surface area (Å²) in [6, 6.07) is -0.235. The molecule has 5 heteroatoms. The van der Waals surface area contributed by atoms with Gasteiger partial charge in [-0.05, 0) is 12.8 Å². The summed E-state index contributed by atoms with van der Waals surface area (Å²) in [4.78, 5) is 34.9. The Morgan fingerprint density at radius 2 is 2.07 bits per heavy atom. The fraction of sp³-hybridized carbons (Fsp3) is 0.700. The van der Waals surface area contributed by atoms with E-state index in [9.17, 15) is 14.4 Å². The Labute approximate surface area is 87.4 Å². The predicted molar refractivity (Wildman–Crippen MR) is 49.7 cm³/mol. The van der Waals surface area contributed by atoms with Crippen LogP contribution in [-0.4, -0.2) is 34.8 Å². The monoisotopic (exact) mass is 211 g/mol. The van der Waals surface area contributed by atoms with Crippen molar-refractivity contribution in [1.29, 1.82) is 0 Å². The molecule has 0 radical (unpaired) electrons. The molecule has 5 nitrogen and oxygen atoms in total. The number of likely N-dealkylation sites (tertiary alicyclic amines) is 1. The SMILES string of the molecule is CC(=O)N1C(=O)CCC1C1CCC(=O)O1. The fourth-order valence-electron chi connectivity index (χ4n) is 2.28. The van der Waals surface area contributed by atoms with Gasteiger partial charge in [-0.2, -0.15) is 0 Å². The van der Waals surface area contributed by atoms with E-state index < -0.39 is 0 Å². The highest BCUT2D eigenvalue weighted by atomic mass is 16.6. The molecule has 2 atom stereocenters. The number of rotatable bonds is 1. The number of ether oxygens (including phenoxy) is 1. The van der Waals surface area contributed by atoms with Gasteiger partial charge in [-0.1, -0.05) is 0 Å². The zero-order valence-corrected chi connectivity index (χ0v) is 8.56. The van der Waals surface area contributed by atoms with Gasteiger partial charge in [0.1, 0.15) is 6.10 Å². The molecule has 2 heterocycles. The van der Waals surface area contributed by atoms with E-state index in [0.29, 0.717) is 25.7 Å². The summed E-state index contributed by atoms with van der Waals surface area (Å²) in [6.45, 7) is 1.37. The number of hydrogen-bond acceptors (Lipinski definition) is 4. The predicted octanol–water partition coefficient (Wildman–Crippen LogP) is 0.230. The molecule has 0 bridgehead atoms. The van der Waals surface area contributed by atoms with Crippen molar-refractivity contribution in [3.63, 3.8) is 0 Å². The largest absolute Gasteiger partial charge is 0.460 e. The van der Waals surface area contributed by atoms with Crippen molar-refractivity contribution in [2.24, 2.45) is 0 Å². The van der Waals surface area contributed by atoms with Crippen LogP contribution in [0.25, 0.3) is 0 Å². The van der Waals surface area contributed by atoms with E-state index in [2.05, 4.69) is 0 Å². The smallest absolute Gasteiger partial charge is 0.306 e. The first-order valence-corrected chi connectivity index (χ1v) is 5.11. The maximum atomic E-state index is 11.4. The molecule has 2 saturated heterocycles. The van der Waals surface area contributed by atoms with Crippen LogP contribution in [0.5, 0.6) is 0 Å². The molecule has 0 aromatic heterocycles. The number of imide groups is 1. The zero-order chi connectivity index (χ0) is 11.0. The molecule has 0 saturated carbocycles. The van der Waals surface area contributed by atoms with E-state index in [0.717, 1.165) is 0 Å². The van der Waals surface area contributed by atoms with Gasteiger partial charge in [0.05, 0.1) is 6.04 Å². The van der Waals surface area contributed by atoms with Gasteiger partial charge in [0, 0.05) is 19.8 Å². The van der Waals surface area contributed by atoms with Crippen molar-refractivity contribution < 1.29 is 19.1 Å². The van der Waals surface area contributed by atoms with Gasteiger partial charge < -0.3 is 4.74 Å². The Hall–Kier alpha value is -1.39. The van der Waals surface area contributed by atoms with Gasteiger partial charge in [0.25, 0.3) is 0 Å². The van der Waals surface area contributed by atoms with Gasteiger partial charge in [0.15, 0.2) is 0 Å². The molecule has 2 fully saturated rings. The van der Waals surface area contributed by atoms with E-state index >= 15 is 0 Å². The number of cyclic esters (lactones) is 1. The summed E-state index contributed by atoms with van der Waals surface area (Å²) in [5.74, 6) is -0.649. The van der Waals surface area contributed by atoms with E-state index in [-0.39, 0.29) is 29.9 Å². The summed E-state index contributed by atoms with van der Waals surface area (Å²) in [7, 11) is 0. The van der Waals surface area contributed by atoms with Crippen molar-refractivity contribution in [2.75, 3.05) is 0 Å². The van der Waals surface area contributed by atoms with Crippen LogP contribution in [0.3, 0.4) is 0 Å². The van der Waals surface area contributed by atoms with Crippen molar-refractivity contribution >= 4 is 17.8 Å². The van der Waals surface area contributed by atoms with E-state index in [4.69, 9.17) is 4.74 Å². The molecule has 0 aliphatic carbocycles. The highest BCUT2D eigenvalue weighted by Gasteiger charge is 2.42. The fourth-order valence-corrected chi connectivity index (χ4v) is 2.28. The van der Waals surface area contributed by atoms with Crippen molar-refractivity contribution in [2.45, 2.75) is 44.8 Å². The average Bonchev–Trinajstić information content (AvgIpc) is 2.71. The van der Waals surface area contributed by atoms with Crippen LogP contribution in [0.4, 0.5) is 0 Å². The molecule has 0 N–H and O–H groups in total. The Bertz CT molecular complexity index is 325. The lowest BCUT2D eigenvalue weighted by molar-refractivity contribution is -0.151. The van der Waals surface area contributed by atoms with Crippen LogP contribution in [0.1, 0.15) is 32.6 Å². The summed E-state index contributed by atoms with van der Waals surface area (Å²) in [5.41, 5.74) is 0. The minimum absolute atomic E-state index is 0.157. The van der Waals surface area contributed by atoms with Crippen LogP contribution in [0.2, 0.25) is 0 Å². The van der Waals surface area contributed by atoms with Crippen molar-refractivity contribution in [3.05, 3.63) is 0 Å². The Morgan fingerprint density at radius 3 is 2.60 bits per heavy atom. The lowest BCUT2D eigenvalue weighted by Crippen LogP contribution is -2.43. The van der Waals surface area contributed by atoms with Gasteiger partial charge in [-0.3, -0.25) is 19.3 Å². The maximum absolute atomic E-state index is 11.4. The second-order valence-corrected chi connectivity index (χ2v) is 3.96. The van der Waals surface area contributed by atoms with Gasteiger partial charge in [0.2, 0.25) is 11.8 Å². The first-order chi connectivity index (χ1) is 7.09. The summed E-state index contributed by atoms with van der Waals surface area (Å²) in [5, 5.41) is 0. The standard InChI is InChI=1S/C10H13NO4/c1-6(12)11-7(2-4-9(11)13)8-3-5-10(14)15-8/h7-8H,2-5H2,1H3. The topological polar surface area (TPSA) is 63.7 Å². The molecule has 15 heavy (non-hydrogen) atoms. The number of hydrogen-bond donors (Lipinski definition) is 0. The van der Waals surface area contributed by atoms with Gasteiger partial charge in [-0.25, -0.2) is 0 Å². The first-order valence-electron chi connectivity index (χ1n) is 5.11. The van der Waals surface area contributed by atoms with Gasteiger partial charge >= 0.3 is 5.97 Å². The van der Waals surface area contributed by atoms with Crippen molar-refractivity contribution in [1.82, 2.24) is 4.90 Å². The Morgan fingerprint density at radius 1 is 1.33 bits per heavy atom. The van der Waals surface area contributed by atoms with E-state index in [1.54, 1.807) is 0 Å². The minimum atomic E-state index is -0.284. The van der Waals surface area contributed by atoms with E-state index in [1.165, 1.54) is 11.8 Å². The third kappa shape index (κ3) is 1.73. The molecule has 2 rings (SSSR count). The van der Waals surface area contributed by atoms with Crippen LogP contribution in [0, 0.1) is 0 Å². The normalized spacial score (nSPS) is 30.9.